The molecule has 3 nitrogen and oxygen atoms in total. The third kappa shape index (κ3) is 4.59. The van der Waals surface area contributed by atoms with Crippen LogP contribution in [0.15, 0.2) is 24.3 Å². The molecule has 0 aliphatic heterocycles. The molecule has 0 bridgehead atoms. The van der Waals surface area contributed by atoms with Crippen molar-refractivity contribution in [2.45, 2.75) is 6.92 Å². The number of carbonyl (C=O) groups excluding carboxylic acids is 1. The molecule has 0 spiro atoms. The summed E-state index contributed by atoms with van der Waals surface area (Å²) in [7, 11) is 1.79. The maximum absolute atomic E-state index is 12.6. The zero-order chi connectivity index (χ0) is 11.3. The predicted octanol–water partition coefficient (Wildman–Crippen LogP) is 2.04. The van der Waals surface area contributed by atoms with Gasteiger partial charge in [-0.2, -0.15) is 0 Å². The Morgan fingerprint density at radius 3 is 2.44 bits per heavy atom. The van der Waals surface area contributed by atoms with E-state index in [9.17, 15) is 9.18 Å². The number of carbonyl (C=O) groups is 1. The van der Waals surface area contributed by atoms with Gasteiger partial charge in [0, 0.05) is 18.2 Å². The summed E-state index contributed by atoms with van der Waals surface area (Å²) in [4.78, 5) is 11.5. The third-order valence-corrected chi connectivity index (χ3v) is 2.07. The minimum absolute atomic E-state index is 0. The Morgan fingerprint density at radius 2 is 1.94 bits per heavy atom. The highest BCUT2D eigenvalue weighted by Gasteiger charge is 2.11. The van der Waals surface area contributed by atoms with Crippen molar-refractivity contribution in [2.75, 3.05) is 18.9 Å². The monoisotopic (exact) mass is 246 g/mol. The molecule has 0 heterocycles. The highest BCUT2D eigenvalue weighted by Crippen LogP contribution is 2.09. The molecule has 0 aliphatic carbocycles. The molecule has 5 heteroatoms. The number of benzene rings is 1. The number of rotatable bonds is 4. The number of anilines is 1. The number of halogens is 2. The lowest BCUT2D eigenvalue weighted by Gasteiger charge is -2.11. The molecule has 0 radical (unpaired) electrons. The van der Waals surface area contributed by atoms with E-state index in [1.807, 2.05) is 6.92 Å². The Kier molecular flexibility index (Phi) is 6.69. The zero-order valence-corrected chi connectivity index (χ0v) is 10.1. The lowest BCUT2D eigenvalue weighted by atomic mass is 10.1. The summed E-state index contributed by atoms with van der Waals surface area (Å²) in [6.07, 6.45) is 0. The van der Waals surface area contributed by atoms with Crippen molar-refractivity contribution in [3.05, 3.63) is 30.1 Å². The standard InChI is InChI=1S/C11H15FN2O.ClH/c1-8(7-13-2)11(15)14-10-5-3-9(12)4-6-10;/h3-6,8,13H,7H2,1-2H3,(H,14,15);1H. The van der Waals surface area contributed by atoms with E-state index in [-0.39, 0.29) is 30.0 Å². The van der Waals surface area contributed by atoms with E-state index in [0.717, 1.165) is 0 Å². The molecule has 0 saturated heterocycles. The molecular formula is C11H16ClFN2O. The molecule has 0 fully saturated rings. The first-order chi connectivity index (χ1) is 7.13. The molecule has 1 unspecified atom stereocenters. The van der Waals surface area contributed by atoms with Gasteiger partial charge in [-0.15, -0.1) is 12.4 Å². The molecular weight excluding hydrogens is 231 g/mol. The average molecular weight is 247 g/mol. The molecule has 1 aromatic rings. The fourth-order valence-corrected chi connectivity index (χ4v) is 1.20. The molecule has 0 saturated carbocycles. The second-order valence-electron chi connectivity index (χ2n) is 3.45. The van der Waals surface area contributed by atoms with E-state index in [1.54, 1.807) is 19.2 Å². The smallest absolute Gasteiger partial charge is 0.228 e. The summed E-state index contributed by atoms with van der Waals surface area (Å²) in [6, 6.07) is 5.72. The Morgan fingerprint density at radius 1 is 1.38 bits per heavy atom. The molecule has 1 rings (SSSR count). The van der Waals surface area contributed by atoms with Crippen LogP contribution in [0, 0.1) is 11.7 Å². The average Bonchev–Trinajstić information content (AvgIpc) is 2.22. The Labute approximate surface area is 101 Å². The minimum atomic E-state index is -0.309. The topological polar surface area (TPSA) is 41.1 Å². The Bertz CT molecular complexity index is 329. The first kappa shape index (κ1) is 14.9. The van der Waals surface area contributed by atoms with Crippen molar-refractivity contribution in [3.63, 3.8) is 0 Å². The van der Waals surface area contributed by atoms with Crippen LogP contribution in [0.2, 0.25) is 0 Å². The Balaban J connectivity index is 0.00000225. The summed E-state index contributed by atoms with van der Waals surface area (Å²) >= 11 is 0. The van der Waals surface area contributed by atoms with Gasteiger partial charge in [-0.1, -0.05) is 6.92 Å². The van der Waals surface area contributed by atoms with Crippen molar-refractivity contribution in [3.8, 4) is 0 Å². The third-order valence-electron chi connectivity index (χ3n) is 2.07. The minimum Gasteiger partial charge on any atom is -0.326 e. The fraction of sp³-hybridized carbons (Fsp3) is 0.364. The van der Waals surface area contributed by atoms with E-state index in [4.69, 9.17) is 0 Å². The molecule has 0 aromatic heterocycles. The van der Waals surface area contributed by atoms with Gasteiger partial charge in [-0.25, -0.2) is 4.39 Å². The van der Waals surface area contributed by atoms with Gasteiger partial charge in [-0.3, -0.25) is 4.79 Å². The van der Waals surface area contributed by atoms with Crippen LogP contribution in [0.4, 0.5) is 10.1 Å². The van der Waals surface area contributed by atoms with Gasteiger partial charge >= 0.3 is 0 Å². The van der Waals surface area contributed by atoms with Gasteiger partial charge in [0.25, 0.3) is 0 Å². The SMILES string of the molecule is CNCC(C)C(=O)Nc1ccc(F)cc1.Cl. The quantitative estimate of drug-likeness (QED) is 0.854. The van der Waals surface area contributed by atoms with Crippen molar-refractivity contribution in [1.29, 1.82) is 0 Å². The lowest BCUT2D eigenvalue weighted by Crippen LogP contribution is -2.28. The second-order valence-corrected chi connectivity index (χ2v) is 3.45. The summed E-state index contributed by atoms with van der Waals surface area (Å²) in [6.45, 7) is 2.45. The van der Waals surface area contributed by atoms with Crippen molar-refractivity contribution in [1.82, 2.24) is 5.32 Å². The van der Waals surface area contributed by atoms with Crippen molar-refractivity contribution < 1.29 is 9.18 Å². The van der Waals surface area contributed by atoms with Gasteiger partial charge < -0.3 is 10.6 Å². The van der Waals surface area contributed by atoms with E-state index < -0.39 is 0 Å². The van der Waals surface area contributed by atoms with Crippen LogP contribution in [-0.2, 0) is 4.79 Å². The van der Waals surface area contributed by atoms with Crippen LogP contribution in [0.25, 0.3) is 0 Å². The van der Waals surface area contributed by atoms with Gasteiger partial charge in [0.2, 0.25) is 5.91 Å². The van der Waals surface area contributed by atoms with Crippen LogP contribution >= 0.6 is 12.4 Å². The normalized spacial score (nSPS) is 11.4. The largest absolute Gasteiger partial charge is 0.326 e. The van der Waals surface area contributed by atoms with Crippen LogP contribution < -0.4 is 10.6 Å². The first-order valence-corrected chi connectivity index (χ1v) is 4.84. The van der Waals surface area contributed by atoms with Crippen LogP contribution in [-0.4, -0.2) is 19.5 Å². The molecule has 2 N–H and O–H groups in total. The summed E-state index contributed by atoms with van der Waals surface area (Å²) < 4.78 is 12.6. The van der Waals surface area contributed by atoms with Crippen LogP contribution in [0.5, 0.6) is 0 Å². The van der Waals surface area contributed by atoms with Crippen molar-refractivity contribution >= 4 is 24.0 Å². The zero-order valence-electron chi connectivity index (χ0n) is 9.29. The van der Waals surface area contributed by atoms with E-state index >= 15 is 0 Å². The summed E-state index contributed by atoms with van der Waals surface area (Å²) in [5.74, 6) is -0.493. The summed E-state index contributed by atoms with van der Waals surface area (Å²) in [5, 5.41) is 5.63. The lowest BCUT2D eigenvalue weighted by molar-refractivity contribution is -0.119. The molecule has 1 amide bonds. The second kappa shape index (κ2) is 7.19. The van der Waals surface area contributed by atoms with E-state index in [2.05, 4.69) is 10.6 Å². The highest BCUT2D eigenvalue weighted by atomic mass is 35.5. The van der Waals surface area contributed by atoms with E-state index in [1.165, 1.54) is 12.1 Å². The Hall–Kier alpha value is -1.13. The maximum Gasteiger partial charge on any atom is 0.228 e. The molecule has 16 heavy (non-hydrogen) atoms. The maximum atomic E-state index is 12.6. The molecule has 1 atom stereocenters. The van der Waals surface area contributed by atoms with Gasteiger partial charge in [0.15, 0.2) is 0 Å². The predicted molar refractivity (Wildman–Crippen MR) is 65.4 cm³/mol. The van der Waals surface area contributed by atoms with Crippen LogP contribution in [0.3, 0.4) is 0 Å². The highest BCUT2D eigenvalue weighted by molar-refractivity contribution is 5.92. The number of nitrogens with one attached hydrogen (secondary N) is 2. The number of hydrogen-bond donors (Lipinski definition) is 2. The first-order valence-electron chi connectivity index (χ1n) is 4.84. The molecule has 0 aliphatic rings. The van der Waals surface area contributed by atoms with Crippen LogP contribution in [0.1, 0.15) is 6.92 Å². The summed E-state index contributed by atoms with van der Waals surface area (Å²) in [5.41, 5.74) is 0.615. The number of amides is 1. The van der Waals surface area contributed by atoms with Gasteiger partial charge in [0.1, 0.15) is 5.82 Å². The number of hydrogen-bond acceptors (Lipinski definition) is 2. The van der Waals surface area contributed by atoms with E-state index in [0.29, 0.717) is 12.2 Å². The van der Waals surface area contributed by atoms with Crippen molar-refractivity contribution in [2.24, 2.45) is 5.92 Å². The molecule has 1 aromatic carbocycles. The van der Waals surface area contributed by atoms with Gasteiger partial charge in [-0.05, 0) is 31.3 Å². The van der Waals surface area contributed by atoms with Gasteiger partial charge in [0.05, 0.1) is 0 Å². The fourth-order valence-electron chi connectivity index (χ4n) is 1.20. The molecule has 90 valence electrons.